The fourth-order valence-electron chi connectivity index (χ4n) is 1.39. The number of hydrogen-bond acceptors (Lipinski definition) is 3. The zero-order chi connectivity index (χ0) is 8.97. The van der Waals surface area contributed by atoms with Gasteiger partial charge in [0.25, 0.3) is 0 Å². The first-order chi connectivity index (χ1) is 5.70. The van der Waals surface area contributed by atoms with Crippen LogP contribution in [0.4, 0.5) is 0 Å². The lowest BCUT2D eigenvalue weighted by molar-refractivity contribution is -0.137. The van der Waals surface area contributed by atoms with Gasteiger partial charge in [0, 0.05) is 19.0 Å². The molecule has 1 aliphatic heterocycles. The Morgan fingerprint density at radius 3 is 2.92 bits per heavy atom. The maximum atomic E-state index is 10.3. The van der Waals surface area contributed by atoms with Crippen LogP contribution in [0.3, 0.4) is 0 Å². The van der Waals surface area contributed by atoms with Gasteiger partial charge in [-0.1, -0.05) is 0 Å². The van der Waals surface area contributed by atoms with E-state index in [1.54, 1.807) is 0 Å². The normalized spacial score (nSPS) is 27.8. The molecule has 0 amide bonds. The monoisotopic (exact) mass is 209 g/mol. The third-order valence-electron chi connectivity index (χ3n) is 2.13. The Morgan fingerprint density at radius 1 is 1.69 bits per heavy atom. The topological polar surface area (TPSA) is 58.6 Å². The summed E-state index contributed by atoms with van der Waals surface area (Å²) < 4.78 is 5.37. The highest BCUT2D eigenvalue weighted by atomic mass is 35.5. The number of morpholine rings is 1. The summed E-state index contributed by atoms with van der Waals surface area (Å²) in [5.74, 6) is -0.741. The lowest BCUT2D eigenvalue weighted by Gasteiger charge is -2.29. The summed E-state index contributed by atoms with van der Waals surface area (Å²) in [6, 6.07) is 0.204. The molecule has 0 aromatic heterocycles. The van der Waals surface area contributed by atoms with Gasteiger partial charge in [-0.3, -0.25) is 4.79 Å². The molecule has 0 saturated carbocycles. The summed E-state index contributed by atoms with van der Waals surface area (Å²) in [5.41, 5.74) is 0. The summed E-state index contributed by atoms with van der Waals surface area (Å²) in [7, 11) is 0. The van der Waals surface area contributed by atoms with E-state index in [4.69, 9.17) is 9.84 Å². The molecule has 0 spiro atoms. The smallest absolute Gasteiger partial charge is 0.303 e. The highest BCUT2D eigenvalue weighted by Gasteiger charge is 2.21. The van der Waals surface area contributed by atoms with E-state index < -0.39 is 5.97 Å². The standard InChI is InChI=1S/C8H15NO3.ClH/c1-6-7(2-3-8(10)11)9-4-5-12-6;/h6-7,9H,2-5H2,1H3,(H,10,11);1H. The summed E-state index contributed by atoms with van der Waals surface area (Å²) >= 11 is 0. The van der Waals surface area contributed by atoms with Crippen molar-refractivity contribution in [2.75, 3.05) is 13.2 Å². The second-order valence-electron chi connectivity index (χ2n) is 3.07. The highest BCUT2D eigenvalue weighted by Crippen LogP contribution is 2.09. The molecular formula is C8H16ClNO3. The number of rotatable bonds is 3. The van der Waals surface area contributed by atoms with Crippen LogP contribution in [0.1, 0.15) is 19.8 Å². The SMILES string of the molecule is CC1OCCNC1CCC(=O)O.Cl. The summed E-state index contributed by atoms with van der Waals surface area (Å²) in [4.78, 5) is 10.3. The average Bonchev–Trinajstić information content (AvgIpc) is 2.03. The molecule has 1 heterocycles. The number of carboxylic acids is 1. The predicted molar refractivity (Wildman–Crippen MR) is 51.3 cm³/mol. The zero-order valence-electron chi connectivity index (χ0n) is 7.66. The second kappa shape index (κ2) is 6.18. The predicted octanol–water partition coefficient (Wildman–Crippen LogP) is 0.650. The molecule has 0 aliphatic carbocycles. The van der Waals surface area contributed by atoms with Crippen molar-refractivity contribution in [3.63, 3.8) is 0 Å². The van der Waals surface area contributed by atoms with Gasteiger partial charge < -0.3 is 15.2 Å². The summed E-state index contributed by atoms with van der Waals surface area (Å²) in [6.07, 6.45) is 1.00. The molecule has 2 N–H and O–H groups in total. The van der Waals surface area contributed by atoms with Gasteiger partial charge >= 0.3 is 5.97 Å². The summed E-state index contributed by atoms with van der Waals surface area (Å²) in [5, 5.41) is 11.7. The zero-order valence-corrected chi connectivity index (χ0v) is 8.47. The van der Waals surface area contributed by atoms with Crippen LogP contribution < -0.4 is 5.32 Å². The van der Waals surface area contributed by atoms with Gasteiger partial charge in [-0.25, -0.2) is 0 Å². The molecule has 1 aliphatic rings. The van der Waals surface area contributed by atoms with Crippen molar-refractivity contribution < 1.29 is 14.6 Å². The van der Waals surface area contributed by atoms with E-state index in [9.17, 15) is 4.79 Å². The fraction of sp³-hybridized carbons (Fsp3) is 0.875. The number of carboxylic acid groups (broad SMARTS) is 1. The van der Waals surface area contributed by atoms with Gasteiger partial charge in [-0.2, -0.15) is 0 Å². The molecule has 2 atom stereocenters. The van der Waals surface area contributed by atoms with E-state index in [1.807, 2.05) is 6.92 Å². The maximum absolute atomic E-state index is 10.3. The molecule has 13 heavy (non-hydrogen) atoms. The van der Waals surface area contributed by atoms with Gasteiger partial charge in [-0.05, 0) is 13.3 Å². The molecule has 5 heteroatoms. The van der Waals surface area contributed by atoms with Crippen molar-refractivity contribution >= 4 is 18.4 Å². The Bertz CT molecular complexity index is 165. The Labute approximate surface area is 84.1 Å². The van der Waals surface area contributed by atoms with E-state index in [0.717, 1.165) is 13.2 Å². The molecule has 0 aromatic rings. The molecule has 1 fully saturated rings. The van der Waals surface area contributed by atoms with Crippen molar-refractivity contribution in [3.8, 4) is 0 Å². The Hall–Kier alpha value is -0.320. The quantitative estimate of drug-likeness (QED) is 0.717. The number of aliphatic carboxylic acids is 1. The number of halogens is 1. The highest BCUT2D eigenvalue weighted by molar-refractivity contribution is 5.85. The van der Waals surface area contributed by atoms with E-state index >= 15 is 0 Å². The van der Waals surface area contributed by atoms with Crippen molar-refractivity contribution in [1.29, 1.82) is 0 Å². The van der Waals surface area contributed by atoms with E-state index in [-0.39, 0.29) is 31.0 Å². The van der Waals surface area contributed by atoms with Crippen LogP contribution in [0.25, 0.3) is 0 Å². The maximum Gasteiger partial charge on any atom is 0.303 e. The van der Waals surface area contributed by atoms with Crippen molar-refractivity contribution in [2.24, 2.45) is 0 Å². The third kappa shape index (κ3) is 4.45. The number of hydrogen-bond donors (Lipinski definition) is 2. The minimum Gasteiger partial charge on any atom is -0.481 e. The lowest BCUT2D eigenvalue weighted by Crippen LogP contribution is -2.47. The van der Waals surface area contributed by atoms with E-state index in [0.29, 0.717) is 6.42 Å². The minimum absolute atomic E-state index is 0. The Morgan fingerprint density at radius 2 is 2.38 bits per heavy atom. The molecule has 1 saturated heterocycles. The largest absolute Gasteiger partial charge is 0.481 e. The van der Waals surface area contributed by atoms with Gasteiger partial charge in [0.1, 0.15) is 0 Å². The summed E-state index contributed by atoms with van der Waals surface area (Å²) in [6.45, 7) is 3.53. The Balaban J connectivity index is 0.00000144. The van der Waals surface area contributed by atoms with E-state index in [2.05, 4.69) is 5.32 Å². The first kappa shape index (κ1) is 12.7. The molecule has 4 nitrogen and oxygen atoms in total. The third-order valence-corrected chi connectivity index (χ3v) is 2.13. The molecule has 0 bridgehead atoms. The van der Waals surface area contributed by atoms with Crippen LogP contribution in [0, 0.1) is 0 Å². The van der Waals surface area contributed by atoms with Crippen LogP contribution in [0.5, 0.6) is 0 Å². The van der Waals surface area contributed by atoms with Gasteiger partial charge in [0.2, 0.25) is 0 Å². The lowest BCUT2D eigenvalue weighted by atomic mass is 10.1. The van der Waals surface area contributed by atoms with Crippen molar-refractivity contribution in [3.05, 3.63) is 0 Å². The first-order valence-electron chi connectivity index (χ1n) is 4.27. The molecule has 2 unspecified atom stereocenters. The number of nitrogens with one attached hydrogen (secondary N) is 1. The van der Waals surface area contributed by atoms with Crippen LogP contribution in [-0.2, 0) is 9.53 Å². The van der Waals surface area contributed by atoms with Gasteiger partial charge in [0.15, 0.2) is 0 Å². The molecule has 78 valence electrons. The molecule has 0 radical (unpaired) electrons. The van der Waals surface area contributed by atoms with Gasteiger partial charge in [-0.15, -0.1) is 12.4 Å². The van der Waals surface area contributed by atoms with Crippen LogP contribution >= 0.6 is 12.4 Å². The molecule has 1 rings (SSSR count). The van der Waals surface area contributed by atoms with Gasteiger partial charge in [0.05, 0.1) is 12.7 Å². The fourth-order valence-corrected chi connectivity index (χ4v) is 1.39. The van der Waals surface area contributed by atoms with E-state index in [1.165, 1.54) is 0 Å². The number of ether oxygens (including phenoxy) is 1. The number of carbonyl (C=O) groups is 1. The molecular weight excluding hydrogens is 194 g/mol. The van der Waals surface area contributed by atoms with Crippen LogP contribution in [0.2, 0.25) is 0 Å². The Kier molecular flexibility index (Phi) is 6.03. The first-order valence-corrected chi connectivity index (χ1v) is 4.27. The average molecular weight is 210 g/mol. The van der Waals surface area contributed by atoms with Crippen LogP contribution in [0.15, 0.2) is 0 Å². The molecule has 0 aromatic carbocycles. The van der Waals surface area contributed by atoms with Crippen molar-refractivity contribution in [2.45, 2.75) is 31.9 Å². The second-order valence-corrected chi connectivity index (χ2v) is 3.07. The minimum atomic E-state index is -0.741. The van der Waals surface area contributed by atoms with Crippen molar-refractivity contribution in [1.82, 2.24) is 5.32 Å². The van der Waals surface area contributed by atoms with Crippen LogP contribution in [-0.4, -0.2) is 36.4 Å².